The van der Waals surface area contributed by atoms with E-state index in [1.165, 1.54) is 32.4 Å². The average molecular weight is 235 g/mol. The zero-order chi connectivity index (χ0) is 11.4. The molecule has 2 saturated carbocycles. The molecule has 2 saturated heterocycles. The van der Waals surface area contributed by atoms with E-state index in [0.717, 1.165) is 48.8 Å². The Hall–Kier alpha value is -0.0800. The molecular weight excluding hydrogens is 210 g/mol. The highest BCUT2D eigenvalue weighted by Crippen LogP contribution is 2.48. The van der Waals surface area contributed by atoms with Gasteiger partial charge in [0.25, 0.3) is 0 Å². The second-order valence-electron chi connectivity index (χ2n) is 7.21. The van der Waals surface area contributed by atoms with E-state index in [9.17, 15) is 0 Å². The van der Waals surface area contributed by atoms with Gasteiger partial charge in [-0.05, 0) is 49.4 Å². The number of rotatable bonds is 4. The van der Waals surface area contributed by atoms with Crippen LogP contribution in [0.15, 0.2) is 0 Å². The van der Waals surface area contributed by atoms with Gasteiger partial charge >= 0.3 is 0 Å². The molecule has 2 heteroatoms. The van der Waals surface area contributed by atoms with Crippen molar-refractivity contribution in [3.63, 3.8) is 0 Å². The number of nitrogens with zero attached hydrogens (tertiary/aromatic N) is 1. The average Bonchev–Trinajstić information content (AvgIpc) is 2.78. The number of hydrogen-bond acceptors (Lipinski definition) is 2. The van der Waals surface area contributed by atoms with Crippen molar-refractivity contribution < 1.29 is 4.74 Å². The Kier molecular flexibility index (Phi) is 2.52. The molecule has 0 bridgehead atoms. The first-order chi connectivity index (χ1) is 8.29. The molecule has 4 fully saturated rings. The number of ether oxygens (including phenoxy) is 1. The molecule has 4 aliphatic rings. The van der Waals surface area contributed by atoms with E-state index in [1.54, 1.807) is 6.42 Å². The van der Waals surface area contributed by atoms with Gasteiger partial charge in [-0.3, -0.25) is 4.90 Å². The molecule has 0 radical (unpaired) electrons. The minimum atomic E-state index is 0.912. The van der Waals surface area contributed by atoms with Gasteiger partial charge in [0.1, 0.15) is 0 Å². The Balaban J connectivity index is 1.15. The first-order valence-electron chi connectivity index (χ1n) is 7.61. The zero-order valence-electron chi connectivity index (χ0n) is 11.0. The zero-order valence-corrected chi connectivity index (χ0v) is 11.0. The third-order valence-corrected chi connectivity index (χ3v) is 5.91. The van der Waals surface area contributed by atoms with Gasteiger partial charge in [-0.1, -0.05) is 6.92 Å². The van der Waals surface area contributed by atoms with Gasteiger partial charge in [0, 0.05) is 25.0 Å². The Morgan fingerprint density at radius 2 is 1.76 bits per heavy atom. The summed E-state index contributed by atoms with van der Waals surface area (Å²) in [6.07, 6.45) is 6.09. The molecule has 4 rings (SSSR count). The summed E-state index contributed by atoms with van der Waals surface area (Å²) in [5, 5.41) is 0. The van der Waals surface area contributed by atoms with Crippen LogP contribution in [0.25, 0.3) is 0 Å². The lowest BCUT2D eigenvalue weighted by Crippen LogP contribution is -2.60. The lowest BCUT2D eigenvalue weighted by atomic mass is 9.73. The minimum absolute atomic E-state index is 0.912. The maximum Gasteiger partial charge on any atom is 0.0520 e. The quantitative estimate of drug-likeness (QED) is 0.742. The lowest BCUT2D eigenvalue weighted by Gasteiger charge is -2.54. The predicted molar refractivity (Wildman–Crippen MR) is 67.8 cm³/mol. The molecule has 2 atom stereocenters. The highest BCUT2D eigenvalue weighted by atomic mass is 16.5. The molecule has 2 nitrogen and oxygen atoms in total. The van der Waals surface area contributed by atoms with Crippen LogP contribution >= 0.6 is 0 Å². The van der Waals surface area contributed by atoms with Crippen LogP contribution in [0.3, 0.4) is 0 Å². The smallest absolute Gasteiger partial charge is 0.0520 e. The maximum absolute atomic E-state index is 5.29. The van der Waals surface area contributed by atoms with Gasteiger partial charge in [-0.15, -0.1) is 0 Å². The SMILES string of the molecule is C[C@H]1CC1CC1CC(N2CC(C3COC3)C2)C1. The molecule has 1 unspecified atom stereocenters. The van der Waals surface area contributed by atoms with E-state index in [4.69, 9.17) is 4.74 Å². The van der Waals surface area contributed by atoms with Crippen molar-refractivity contribution in [1.29, 1.82) is 0 Å². The molecule has 0 amide bonds. The second kappa shape index (κ2) is 3.96. The number of hydrogen-bond donors (Lipinski definition) is 0. The molecule has 0 N–H and O–H groups in total. The Labute approximate surface area is 105 Å². The van der Waals surface area contributed by atoms with Crippen LogP contribution in [0.1, 0.15) is 32.6 Å². The fourth-order valence-electron chi connectivity index (χ4n) is 4.02. The van der Waals surface area contributed by atoms with Crippen molar-refractivity contribution in [3.8, 4) is 0 Å². The molecule has 96 valence electrons. The molecule has 0 aromatic carbocycles. The van der Waals surface area contributed by atoms with E-state index in [-0.39, 0.29) is 0 Å². The van der Waals surface area contributed by atoms with Crippen LogP contribution < -0.4 is 0 Å². The molecule has 0 aromatic rings. The van der Waals surface area contributed by atoms with E-state index in [1.807, 2.05) is 0 Å². The molecule has 2 aliphatic heterocycles. The predicted octanol–water partition coefficient (Wildman–Crippen LogP) is 2.39. The van der Waals surface area contributed by atoms with Gasteiger partial charge in [0.05, 0.1) is 13.2 Å². The minimum Gasteiger partial charge on any atom is -0.381 e. The molecule has 2 aliphatic carbocycles. The molecule has 2 heterocycles. The summed E-state index contributed by atoms with van der Waals surface area (Å²) in [4.78, 5) is 2.75. The lowest BCUT2D eigenvalue weighted by molar-refractivity contribution is -0.117. The highest BCUT2D eigenvalue weighted by molar-refractivity contribution is 4.98. The van der Waals surface area contributed by atoms with Crippen LogP contribution in [-0.4, -0.2) is 37.2 Å². The first-order valence-corrected chi connectivity index (χ1v) is 7.61. The summed E-state index contributed by atoms with van der Waals surface area (Å²) >= 11 is 0. The molecule has 0 spiro atoms. The standard InChI is InChI=1S/C15H25NO/c1-10-2-12(10)3-11-4-15(5-11)16-6-13(7-16)14-8-17-9-14/h10-15H,2-9H2,1H3/t10-,11?,12?,15?/m0/s1. The third-order valence-electron chi connectivity index (χ3n) is 5.91. The van der Waals surface area contributed by atoms with Gasteiger partial charge in [0.15, 0.2) is 0 Å². The van der Waals surface area contributed by atoms with E-state index < -0.39 is 0 Å². The summed E-state index contributed by atoms with van der Waals surface area (Å²) in [5.41, 5.74) is 0. The summed E-state index contributed by atoms with van der Waals surface area (Å²) in [5.74, 6) is 5.14. The van der Waals surface area contributed by atoms with Gasteiger partial charge in [-0.2, -0.15) is 0 Å². The van der Waals surface area contributed by atoms with E-state index >= 15 is 0 Å². The Morgan fingerprint density at radius 1 is 1.06 bits per heavy atom. The molecular formula is C15H25NO. The van der Waals surface area contributed by atoms with Crippen LogP contribution in [0.4, 0.5) is 0 Å². The fraction of sp³-hybridized carbons (Fsp3) is 1.00. The van der Waals surface area contributed by atoms with Crippen LogP contribution in [0.2, 0.25) is 0 Å². The van der Waals surface area contributed by atoms with Gasteiger partial charge in [0.2, 0.25) is 0 Å². The number of likely N-dealkylation sites (tertiary alicyclic amines) is 1. The van der Waals surface area contributed by atoms with Crippen molar-refractivity contribution in [2.45, 2.75) is 38.6 Å². The van der Waals surface area contributed by atoms with Crippen molar-refractivity contribution in [1.82, 2.24) is 4.90 Å². The largest absolute Gasteiger partial charge is 0.381 e. The van der Waals surface area contributed by atoms with Crippen LogP contribution in [0, 0.1) is 29.6 Å². The van der Waals surface area contributed by atoms with E-state index in [2.05, 4.69) is 11.8 Å². The van der Waals surface area contributed by atoms with Gasteiger partial charge in [-0.25, -0.2) is 0 Å². The van der Waals surface area contributed by atoms with Crippen molar-refractivity contribution in [2.24, 2.45) is 29.6 Å². The molecule has 0 aromatic heterocycles. The van der Waals surface area contributed by atoms with E-state index in [0.29, 0.717) is 0 Å². The summed E-state index contributed by atoms with van der Waals surface area (Å²) in [6, 6.07) is 0.964. The Bertz CT molecular complexity index is 289. The third kappa shape index (κ3) is 1.94. The first kappa shape index (κ1) is 10.8. The monoisotopic (exact) mass is 235 g/mol. The summed E-state index contributed by atoms with van der Waals surface area (Å²) < 4.78 is 5.29. The van der Waals surface area contributed by atoms with Crippen molar-refractivity contribution >= 4 is 0 Å². The highest BCUT2D eigenvalue weighted by Gasteiger charge is 2.45. The molecule has 17 heavy (non-hydrogen) atoms. The van der Waals surface area contributed by atoms with Gasteiger partial charge < -0.3 is 4.74 Å². The fourth-order valence-corrected chi connectivity index (χ4v) is 4.02. The van der Waals surface area contributed by atoms with Crippen molar-refractivity contribution in [2.75, 3.05) is 26.3 Å². The second-order valence-corrected chi connectivity index (χ2v) is 7.21. The van der Waals surface area contributed by atoms with Crippen molar-refractivity contribution in [3.05, 3.63) is 0 Å². The Morgan fingerprint density at radius 3 is 2.29 bits per heavy atom. The van der Waals surface area contributed by atoms with Crippen LogP contribution in [0.5, 0.6) is 0 Å². The summed E-state index contributed by atoms with van der Waals surface area (Å²) in [6.45, 7) is 7.27. The summed E-state index contributed by atoms with van der Waals surface area (Å²) in [7, 11) is 0. The normalized spacial score (nSPS) is 47.1. The topological polar surface area (TPSA) is 12.5 Å². The maximum atomic E-state index is 5.29. The van der Waals surface area contributed by atoms with Crippen LogP contribution in [-0.2, 0) is 4.74 Å².